The fourth-order valence-corrected chi connectivity index (χ4v) is 2.29. The average molecular weight is 296 g/mol. The number of hydrogen-bond acceptors (Lipinski definition) is 2. The molecule has 0 spiro atoms. The predicted molar refractivity (Wildman–Crippen MR) is 54.9 cm³/mol. The lowest BCUT2D eigenvalue weighted by Crippen LogP contribution is -1.90. The van der Waals surface area contributed by atoms with E-state index >= 15 is 0 Å². The van der Waals surface area contributed by atoms with Crippen molar-refractivity contribution in [1.29, 1.82) is 0 Å². The number of rotatable bonds is 2. The summed E-state index contributed by atoms with van der Waals surface area (Å²) in [4.78, 5) is 0. The van der Waals surface area contributed by atoms with Crippen molar-refractivity contribution in [2.75, 3.05) is 14.2 Å². The molecule has 0 amide bonds. The quantitative estimate of drug-likeness (QED) is 0.834. The van der Waals surface area contributed by atoms with E-state index < -0.39 is 0 Å². The lowest BCUT2D eigenvalue weighted by molar-refractivity contribution is 0.388. The Hall–Kier alpha value is -0.220. The van der Waals surface area contributed by atoms with Crippen LogP contribution in [0.2, 0.25) is 0 Å². The highest BCUT2D eigenvalue weighted by Crippen LogP contribution is 2.39. The maximum atomic E-state index is 5.14. The second-order valence-corrected chi connectivity index (χ2v) is 3.74. The summed E-state index contributed by atoms with van der Waals surface area (Å²) in [7, 11) is 3.23. The van der Waals surface area contributed by atoms with Gasteiger partial charge in [-0.2, -0.15) is 0 Å². The molecule has 0 bridgehead atoms. The number of benzene rings is 1. The van der Waals surface area contributed by atoms with Gasteiger partial charge < -0.3 is 9.47 Å². The number of hydrogen-bond donors (Lipinski definition) is 0. The summed E-state index contributed by atoms with van der Waals surface area (Å²) in [6.45, 7) is 0. The summed E-state index contributed by atoms with van der Waals surface area (Å²) in [6.07, 6.45) is 0. The largest absolute Gasteiger partial charge is 0.495 e. The van der Waals surface area contributed by atoms with Crippen LogP contribution in [0.5, 0.6) is 11.5 Å². The molecular weight excluding hydrogens is 288 g/mol. The molecule has 0 radical (unpaired) electrons. The summed E-state index contributed by atoms with van der Waals surface area (Å²) >= 11 is 6.73. The molecule has 0 fully saturated rings. The number of ether oxygens (including phenoxy) is 2. The Kier molecular flexibility index (Phi) is 3.40. The molecule has 66 valence electrons. The highest BCUT2D eigenvalue weighted by atomic mass is 79.9. The average Bonchev–Trinajstić information content (AvgIpc) is 2.06. The number of halogens is 2. The van der Waals surface area contributed by atoms with Crippen molar-refractivity contribution in [2.45, 2.75) is 0 Å². The molecule has 0 saturated heterocycles. The smallest absolute Gasteiger partial charge is 0.150 e. The maximum Gasteiger partial charge on any atom is 0.150 e. The lowest BCUT2D eigenvalue weighted by atomic mass is 10.3. The van der Waals surface area contributed by atoms with Gasteiger partial charge in [-0.25, -0.2) is 0 Å². The first-order valence-electron chi connectivity index (χ1n) is 3.26. The topological polar surface area (TPSA) is 18.5 Å². The van der Waals surface area contributed by atoms with E-state index in [1.807, 2.05) is 12.1 Å². The highest BCUT2D eigenvalue weighted by molar-refractivity contribution is 9.11. The van der Waals surface area contributed by atoms with E-state index in [0.29, 0.717) is 0 Å². The van der Waals surface area contributed by atoms with Crippen molar-refractivity contribution in [1.82, 2.24) is 0 Å². The Bertz CT molecular complexity index is 287. The zero-order chi connectivity index (χ0) is 9.14. The van der Waals surface area contributed by atoms with Gasteiger partial charge in [0, 0.05) is 0 Å². The monoisotopic (exact) mass is 294 g/mol. The molecule has 0 aliphatic rings. The Morgan fingerprint density at radius 2 is 1.75 bits per heavy atom. The van der Waals surface area contributed by atoms with Crippen LogP contribution < -0.4 is 9.47 Å². The Balaban J connectivity index is 3.24. The van der Waals surface area contributed by atoms with Crippen LogP contribution in [0.25, 0.3) is 0 Å². The van der Waals surface area contributed by atoms with Crippen molar-refractivity contribution in [3.8, 4) is 11.5 Å². The molecule has 0 aliphatic carbocycles. The molecule has 2 nitrogen and oxygen atoms in total. The summed E-state index contributed by atoms with van der Waals surface area (Å²) in [5, 5.41) is 0. The van der Waals surface area contributed by atoms with Gasteiger partial charge in [0.15, 0.2) is 5.75 Å². The van der Waals surface area contributed by atoms with Crippen molar-refractivity contribution < 1.29 is 9.47 Å². The van der Waals surface area contributed by atoms with Gasteiger partial charge in [0.05, 0.1) is 18.7 Å². The summed E-state index contributed by atoms with van der Waals surface area (Å²) in [6, 6.07) is 3.74. The van der Waals surface area contributed by atoms with Crippen molar-refractivity contribution in [2.24, 2.45) is 0 Å². The van der Waals surface area contributed by atoms with Crippen molar-refractivity contribution >= 4 is 31.9 Å². The first-order chi connectivity index (χ1) is 5.70. The highest BCUT2D eigenvalue weighted by Gasteiger charge is 2.09. The maximum absolute atomic E-state index is 5.14. The molecule has 1 aromatic carbocycles. The van der Waals surface area contributed by atoms with E-state index in [2.05, 4.69) is 31.9 Å². The zero-order valence-electron chi connectivity index (χ0n) is 6.73. The minimum Gasteiger partial charge on any atom is -0.495 e. The molecule has 0 aromatic heterocycles. The van der Waals surface area contributed by atoms with Crippen LogP contribution in [0.3, 0.4) is 0 Å². The minimum absolute atomic E-state index is 0.745. The van der Waals surface area contributed by atoms with E-state index in [1.54, 1.807) is 14.2 Å². The Morgan fingerprint density at radius 3 is 2.25 bits per heavy atom. The molecule has 12 heavy (non-hydrogen) atoms. The Labute approximate surface area is 88.1 Å². The molecule has 0 unspecified atom stereocenters. The van der Waals surface area contributed by atoms with E-state index in [9.17, 15) is 0 Å². The van der Waals surface area contributed by atoms with Crippen LogP contribution in [-0.2, 0) is 0 Å². The third-order valence-electron chi connectivity index (χ3n) is 1.44. The molecule has 4 heteroatoms. The summed E-state index contributed by atoms with van der Waals surface area (Å²) < 4.78 is 12.0. The van der Waals surface area contributed by atoms with Crippen LogP contribution in [0.1, 0.15) is 0 Å². The lowest BCUT2D eigenvalue weighted by Gasteiger charge is -2.09. The van der Waals surface area contributed by atoms with Gasteiger partial charge in [0.2, 0.25) is 0 Å². The van der Waals surface area contributed by atoms with Crippen molar-refractivity contribution in [3.05, 3.63) is 21.1 Å². The van der Waals surface area contributed by atoms with Crippen LogP contribution >= 0.6 is 31.9 Å². The summed E-state index contributed by atoms with van der Waals surface area (Å²) in [5.74, 6) is 1.50. The minimum atomic E-state index is 0.745. The molecule has 0 N–H and O–H groups in total. The second-order valence-electron chi connectivity index (χ2n) is 2.10. The van der Waals surface area contributed by atoms with Gasteiger partial charge in [-0.15, -0.1) is 0 Å². The predicted octanol–water partition coefficient (Wildman–Crippen LogP) is 3.23. The van der Waals surface area contributed by atoms with E-state index in [1.165, 1.54) is 0 Å². The molecular formula is C8H8Br2O2. The molecule has 1 aromatic rings. The summed E-state index contributed by atoms with van der Waals surface area (Å²) in [5.41, 5.74) is 0. The van der Waals surface area contributed by atoms with Crippen LogP contribution in [0, 0.1) is 0 Å². The van der Waals surface area contributed by atoms with Crippen molar-refractivity contribution in [3.63, 3.8) is 0 Å². The molecule has 0 heterocycles. The fraction of sp³-hybridized carbons (Fsp3) is 0.250. The second kappa shape index (κ2) is 4.14. The van der Waals surface area contributed by atoms with Gasteiger partial charge in [0.1, 0.15) is 10.2 Å². The first-order valence-corrected chi connectivity index (χ1v) is 4.85. The van der Waals surface area contributed by atoms with Gasteiger partial charge in [-0.05, 0) is 44.0 Å². The third kappa shape index (κ3) is 1.75. The molecule has 0 saturated carbocycles. The van der Waals surface area contributed by atoms with Gasteiger partial charge in [-0.3, -0.25) is 0 Å². The van der Waals surface area contributed by atoms with E-state index in [0.717, 1.165) is 20.4 Å². The first kappa shape index (κ1) is 9.86. The van der Waals surface area contributed by atoms with Gasteiger partial charge >= 0.3 is 0 Å². The number of methoxy groups -OCH3 is 2. The van der Waals surface area contributed by atoms with Crippen LogP contribution in [0.4, 0.5) is 0 Å². The molecule has 1 rings (SSSR count). The van der Waals surface area contributed by atoms with Gasteiger partial charge in [0.25, 0.3) is 0 Å². The Morgan fingerprint density at radius 1 is 1.08 bits per heavy atom. The SMILES string of the molecule is COc1ccc(Br)c(OC)c1Br. The standard InChI is InChI=1S/C8H8Br2O2/c1-11-6-4-3-5(9)8(12-2)7(6)10/h3-4H,1-2H3. The fourth-order valence-electron chi connectivity index (χ4n) is 0.859. The zero-order valence-corrected chi connectivity index (χ0v) is 9.90. The third-order valence-corrected chi connectivity index (χ3v) is 2.81. The van der Waals surface area contributed by atoms with E-state index in [4.69, 9.17) is 9.47 Å². The van der Waals surface area contributed by atoms with Gasteiger partial charge in [-0.1, -0.05) is 0 Å². The molecule has 0 aliphatic heterocycles. The van der Waals surface area contributed by atoms with E-state index in [-0.39, 0.29) is 0 Å². The molecule has 0 atom stereocenters. The van der Waals surface area contributed by atoms with Crippen LogP contribution in [-0.4, -0.2) is 14.2 Å². The normalized spacial score (nSPS) is 9.67. The van der Waals surface area contributed by atoms with Crippen LogP contribution in [0.15, 0.2) is 21.1 Å².